The average Bonchev–Trinajstić information content (AvgIpc) is 2.36. The number of hydrogen-bond acceptors (Lipinski definition) is 3. The summed E-state index contributed by atoms with van der Waals surface area (Å²) in [4.78, 5) is 16.3. The number of carbonyl (C=O) groups excluding carboxylic acids is 1. The maximum Gasteiger partial charge on any atom is 0.290 e. The fourth-order valence-electron chi connectivity index (χ4n) is 1.05. The Hall–Kier alpha value is -1.94. The molecular formula is C13H14ClNO3. The molecule has 0 atom stereocenters. The molecule has 4 nitrogen and oxygen atoms in total. The third kappa shape index (κ3) is 5.41. The van der Waals surface area contributed by atoms with Crippen molar-refractivity contribution >= 4 is 17.5 Å². The zero-order chi connectivity index (χ0) is 13.4. The fourth-order valence-corrected chi connectivity index (χ4v) is 1.17. The van der Waals surface area contributed by atoms with Crippen molar-refractivity contribution < 1.29 is 14.4 Å². The molecule has 1 N–H and O–H groups in total. The highest BCUT2D eigenvalue weighted by Gasteiger charge is 2.03. The van der Waals surface area contributed by atoms with Crippen LogP contribution in [0.2, 0.25) is 5.02 Å². The number of amides is 1. The van der Waals surface area contributed by atoms with Crippen LogP contribution in [0.15, 0.2) is 48.8 Å². The van der Waals surface area contributed by atoms with Gasteiger partial charge in [0.1, 0.15) is 11.5 Å². The molecule has 1 aromatic carbocycles. The predicted molar refractivity (Wildman–Crippen MR) is 70.1 cm³/mol. The zero-order valence-electron chi connectivity index (χ0n) is 9.98. The van der Waals surface area contributed by atoms with Gasteiger partial charge in [0, 0.05) is 5.02 Å². The standard InChI is InChI=1S/C13H14ClNO3/c1-3-4-10(2)18-15-13(16)9-17-12-7-5-11(14)6-8-12/h3-8H,1,9H2,2H3,(H,15,16)/b10-4+. The van der Waals surface area contributed by atoms with E-state index in [-0.39, 0.29) is 12.5 Å². The van der Waals surface area contributed by atoms with Crippen LogP contribution < -0.4 is 10.2 Å². The van der Waals surface area contributed by atoms with Gasteiger partial charge < -0.3 is 9.57 Å². The van der Waals surface area contributed by atoms with E-state index in [9.17, 15) is 4.79 Å². The summed E-state index contributed by atoms with van der Waals surface area (Å²) in [6.45, 7) is 5.07. The number of ether oxygens (including phenoxy) is 1. The Balaban J connectivity index is 2.31. The monoisotopic (exact) mass is 267 g/mol. The smallest absolute Gasteiger partial charge is 0.290 e. The first kappa shape index (κ1) is 14.1. The van der Waals surface area contributed by atoms with E-state index in [2.05, 4.69) is 12.1 Å². The number of hydrogen-bond donors (Lipinski definition) is 1. The molecule has 0 aromatic heterocycles. The maximum atomic E-state index is 11.4. The molecule has 0 spiro atoms. The second kappa shape index (κ2) is 7.40. The molecule has 96 valence electrons. The van der Waals surface area contributed by atoms with Crippen molar-refractivity contribution in [2.45, 2.75) is 6.92 Å². The molecule has 1 amide bonds. The maximum absolute atomic E-state index is 11.4. The molecule has 18 heavy (non-hydrogen) atoms. The predicted octanol–water partition coefficient (Wildman–Crippen LogP) is 2.86. The van der Waals surface area contributed by atoms with Crippen LogP contribution in [0.1, 0.15) is 6.92 Å². The van der Waals surface area contributed by atoms with Crippen LogP contribution in [0, 0.1) is 0 Å². The van der Waals surface area contributed by atoms with Gasteiger partial charge >= 0.3 is 0 Å². The van der Waals surface area contributed by atoms with Crippen LogP contribution in [0.4, 0.5) is 0 Å². The Morgan fingerprint density at radius 3 is 2.72 bits per heavy atom. The van der Waals surface area contributed by atoms with Gasteiger partial charge in [0.15, 0.2) is 6.61 Å². The van der Waals surface area contributed by atoms with Crippen molar-refractivity contribution in [1.82, 2.24) is 5.48 Å². The second-order valence-electron chi connectivity index (χ2n) is 3.38. The third-order valence-electron chi connectivity index (χ3n) is 1.86. The second-order valence-corrected chi connectivity index (χ2v) is 3.82. The molecule has 0 fully saturated rings. The van der Waals surface area contributed by atoms with Gasteiger partial charge in [-0.1, -0.05) is 24.3 Å². The van der Waals surface area contributed by atoms with Crippen LogP contribution in [-0.4, -0.2) is 12.5 Å². The lowest BCUT2D eigenvalue weighted by Gasteiger charge is -2.08. The van der Waals surface area contributed by atoms with E-state index in [0.717, 1.165) is 0 Å². The lowest BCUT2D eigenvalue weighted by molar-refractivity contribution is -0.132. The van der Waals surface area contributed by atoms with E-state index in [4.69, 9.17) is 21.2 Å². The van der Waals surface area contributed by atoms with Gasteiger partial charge in [-0.15, -0.1) is 0 Å². The van der Waals surface area contributed by atoms with Crippen molar-refractivity contribution in [3.63, 3.8) is 0 Å². The average molecular weight is 268 g/mol. The molecule has 0 bridgehead atoms. The summed E-state index contributed by atoms with van der Waals surface area (Å²) in [5, 5.41) is 0.611. The van der Waals surface area contributed by atoms with E-state index in [1.54, 1.807) is 43.3 Å². The quantitative estimate of drug-likeness (QED) is 0.490. The summed E-state index contributed by atoms with van der Waals surface area (Å²) >= 11 is 5.72. The number of carbonyl (C=O) groups is 1. The first-order valence-electron chi connectivity index (χ1n) is 5.25. The third-order valence-corrected chi connectivity index (χ3v) is 2.11. The summed E-state index contributed by atoms with van der Waals surface area (Å²) in [5.74, 6) is 0.708. The molecule has 0 heterocycles. The van der Waals surface area contributed by atoms with Gasteiger partial charge in [-0.3, -0.25) is 4.79 Å². The highest BCUT2D eigenvalue weighted by Crippen LogP contribution is 2.15. The van der Waals surface area contributed by atoms with Gasteiger partial charge in [-0.05, 0) is 37.3 Å². The first-order valence-corrected chi connectivity index (χ1v) is 5.63. The number of rotatable bonds is 6. The lowest BCUT2D eigenvalue weighted by atomic mass is 10.3. The Labute approximate surface area is 111 Å². The van der Waals surface area contributed by atoms with Crippen molar-refractivity contribution in [1.29, 1.82) is 0 Å². The van der Waals surface area contributed by atoms with Gasteiger partial charge in [-0.2, -0.15) is 5.48 Å². The van der Waals surface area contributed by atoms with E-state index in [0.29, 0.717) is 16.5 Å². The van der Waals surface area contributed by atoms with Crippen molar-refractivity contribution in [2.75, 3.05) is 6.61 Å². The van der Waals surface area contributed by atoms with Crippen LogP contribution >= 0.6 is 11.6 Å². The summed E-state index contributed by atoms with van der Waals surface area (Å²) in [6.07, 6.45) is 3.19. The van der Waals surface area contributed by atoms with Crippen molar-refractivity contribution in [3.8, 4) is 5.75 Å². The fraction of sp³-hybridized carbons (Fsp3) is 0.154. The molecule has 0 aliphatic carbocycles. The van der Waals surface area contributed by atoms with Gasteiger partial charge in [0.2, 0.25) is 0 Å². The van der Waals surface area contributed by atoms with Crippen LogP contribution in [0.25, 0.3) is 0 Å². The number of nitrogens with one attached hydrogen (secondary N) is 1. The van der Waals surface area contributed by atoms with Crippen LogP contribution in [0.5, 0.6) is 5.75 Å². The number of allylic oxidation sites excluding steroid dienone is 3. The van der Waals surface area contributed by atoms with Crippen LogP contribution in [-0.2, 0) is 9.63 Å². The summed E-state index contributed by atoms with van der Waals surface area (Å²) < 4.78 is 5.22. The Bertz CT molecular complexity index is 440. The number of hydroxylamine groups is 1. The van der Waals surface area contributed by atoms with E-state index < -0.39 is 0 Å². The van der Waals surface area contributed by atoms with E-state index in [1.165, 1.54) is 0 Å². The van der Waals surface area contributed by atoms with Crippen molar-refractivity contribution in [3.05, 3.63) is 53.8 Å². The van der Waals surface area contributed by atoms with E-state index >= 15 is 0 Å². The molecule has 1 aromatic rings. The van der Waals surface area contributed by atoms with Crippen LogP contribution in [0.3, 0.4) is 0 Å². The molecule has 0 radical (unpaired) electrons. The van der Waals surface area contributed by atoms with E-state index in [1.807, 2.05) is 0 Å². The van der Waals surface area contributed by atoms with Gasteiger partial charge in [0.05, 0.1) is 0 Å². The topological polar surface area (TPSA) is 47.6 Å². The number of halogens is 1. The molecule has 0 saturated heterocycles. The highest BCUT2D eigenvalue weighted by atomic mass is 35.5. The molecule has 0 aliphatic rings. The Morgan fingerprint density at radius 1 is 1.44 bits per heavy atom. The molecule has 0 aliphatic heterocycles. The molecular weight excluding hydrogens is 254 g/mol. The summed E-state index contributed by atoms with van der Waals surface area (Å²) in [5.41, 5.74) is 2.24. The zero-order valence-corrected chi connectivity index (χ0v) is 10.7. The van der Waals surface area contributed by atoms with Gasteiger partial charge in [0.25, 0.3) is 5.91 Å². The van der Waals surface area contributed by atoms with Crippen molar-refractivity contribution in [2.24, 2.45) is 0 Å². The first-order chi connectivity index (χ1) is 8.61. The Kier molecular flexibility index (Phi) is 5.80. The summed E-state index contributed by atoms with van der Waals surface area (Å²) in [6, 6.07) is 6.73. The lowest BCUT2D eigenvalue weighted by Crippen LogP contribution is -2.28. The van der Waals surface area contributed by atoms with Gasteiger partial charge in [-0.25, -0.2) is 0 Å². The normalized spacial score (nSPS) is 10.7. The molecule has 1 rings (SSSR count). The summed E-state index contributed by atoms with van der Waals surface area (Å²) in [7, 11) is 0. The molecule has 0 unspecified atom stereocenters. The largest absolute Gasteiger partial charge is 0.484 e. The molecule has 0 saturated carbocycles. The number of benzene rings is 1. The molecule has 5 heteroatoms. The minimum Gasteiger partial charge on any atom is -0.484 e. The highest BCUT2D eigenvalue weighted by molar-refractivity contribution is 6.30. The Morgan fingerprint density at radius 2 is 2.11 bits per heavy atom. The minimum atomic E-state index is -0.387. The minimum absolute atomic E-state index is 0.136. The SMILES string of the molecule is C=C/C=C(\C)ONC(=O)COc1ccc(Cl)cc1.